The predicted molar refractivity (Wildman–Crippen MR) is 111 cm³/mol. The van der Waals surface area contributed by atoms with Crippen LogP contribution in [0, 0.1) is 13.8 Å². The SMILES string of the molecule is Cc1ccc(-c2[nH]c3ccc(Oc4ccccc4)cc3c2CC(=O)O)c(C)c1. The molecule has 0 fully saturated rings. The van der Waals surface area contributed by atoms with E-state index in [4.69, 9.17) is 4.74 Å². The zero-order valence-electron chi connectivity index (χ0n) is 15.8. The summed E-state index contributed by atoms with van der Waals surface area (Å²) in [6.07, 6.45) is -0.0581. The van der Waals surface area contributed by atoms with Gasteiger partial charge in [0.05, 0.1) is 12.1 Å². The van der Waals surface area contributed by atoms with Gasteiger partial charge in [0.1, 0.15) is 11.5 Å². The van der Waals surface area contributed by atoms with Gasteiger partial charge in [0, 0.05) is 16.5 Å². The van der Waals surface area contributed by atoms with Crippen LogP contribution in [0.25, 0.3) is 22.2 Å². The quantitative estimate of drug-likeness (QED) is 0.461. The molecule has 4 rings (SSSR count). The van der Waals surface area contributed by atoms with Crippen LogP contribution < -0.4 is 4.74 Å². The van der Waals surface area contributed by atoms with Gasteiger partial charge in [-0.05, 0) is 55.3 Å². The summed E-state index contributed by atoms with van der Waals surface area (Å²) in [4.78, 5) is 15.0. The van der Waals surface area contributed by atoms with Crippen molar-refractivity contribution in [3.63, 3.8) is 0 Å². The number of aromatic amines is 1. The highest BCUT2D eigenvalue weighted by molar-refractivity contribution is 5.95. The number of carboxylic acids is 1. The van der Waals surface area contributed by atoms with Crippen LogP contribution in [0.1, 0.15) is 16.7 Å². The fourth-order valence-electron chi connectivity index (χ4n) is 3.57. The van der Waals surface area contributed by atoms with Gasteiger partial charge in [0.2, 0.25) is 0 Å². The number of fused-ring (bicyclic) bond motifs is 1. The van der Waals surface area contributed by atoms with E-state index in [0.29, 0.717) is 5.75 Å². The van der Waals surface area contributed by atoms with Crippen LogP contribution in [0.3, 0.4) is 0 Å². The van der Waals surface area contributed by atoms with Crippen LogP contribution in [0.5, 0.6) is 11.5 Å². The first-order valence-corrected chi connectivity index (χ1v) is 9.18. The number of H-pyrrole nitrogens is 1. The maximum atomic E-state index is 11.6. The maximum Gasteiger partial charge on any atom is 0.307 e. The zero-order valence-corrected chi connectivity index (χ0v) is 15.8. The van der Waals surface area contributed by atoms with Crippen molar-refractivity contribution in [1.29, 1.82) is 0 Å². The number of rotatable bonds is 5. The molecule has 0 amide bonds. The van der Waals surface area contributed by atoms with E-state index in [0.717, 1.165) is 39.0 Å². The molecule has 4 heteroatoms. The molecule has 4 nitrogen and oxygen atoms in total. The molecule has 4 aromatic rings. The Balaban J connectivity index is 1.85. The Morgan fingerprint density at radius 3 is 2.46 bits per heavy atom. The molecule has 0 saturated heterocycles. The van der Waals surface area contributed by atoms with Gasteiger partial charge in [-0.1, -0.05) is 42.0 Å². The molecule has 0 aliphatic carbocycles. The van der Waals surface area contributed by atoms with Crippen molar-refractivity contribution < 1.29 is 14.6 Å². The van der Waals surface area contributed by atoms with Gasteiger partial charge in [-0.25, -0.2) is 0 Å². The van der Waals surface area contributed by atoms with Crippen molar-refractivity contribution in [2.45, 2.75) is 20.3 Å². The molecule has 1 heterocycles. The number of aliphatic carboxylic acids is 1. The van der Waals surface area contributed by atoms with Crippen LogP contribution in [0.4, 0.5) is 0 Å². The average Bonchev–Trinajstić information content (AvgIpc) is 3.00. The van der Waals surface area contributed by atoms with Gasteiger partial charge >= 0.3 is 5.97 Å². The number of carbonyl (C=O) groups is 1. The van der Waals surface area contributed by atoms with Crippen molar-refractivity contribution in [2.24, 2.45) is 0 Å². The van der Waals surface area contributed by atoms with E-state index in [9.17, 15) is 9.90 Å². The first-order valence-electron chi connectivity index (χ1n) is 9.18. The number of para-hydroxylation sites is 1. The number of carboxylic acid groups (broad SMARTS) is 1. The molecule has 0 atom stereocenters. The highest BCUT2D eigenvalue weighted by atomic mass is 16.5. The minimum atomic E-state index is -0.860. The molecule has 0 unspecified atom stereocenters. The van der Waals surface area contributed by atoms with Crippen molar-refractivity contribution >= 4 is 16.9 Å². The molecule has 0 aliphatic heterocycles. The molecule has 0 spiro atoms. The molecule has 3 aromatic carbocycles. The van der Waals surface area contributed by atoms with Gasteiger partial charge in [-0.15, -0.1) is 0 Å². The summed E-state index contributed by atoms with van der Waals surface area (Å²) in [5.41, 5.74) is 5.82. The fraction of sp³-hybridized carbons (Fsp3) is 0.125. The largest absolute Gasteiger partial charge is 0.481 e. The lowest BCUT2D eigenvalue weighted by Gasteiger charge is -2.08. The molecule has 0 bridgehead atoms. The maximum absolute atomic E-state index is 11.6. The molecule has 2 N–H and O–H groups in total. The van der Waals surface area contributed by atoms with Gasteiger partial charge in [-0.2, -0.15) is 0 Å². The van der Waals surface area contributed by atoms with Gasteiger partial charge in [0.15, 0.2) is 0 Å². The molecule has 28 heavy (non-hydrogen) atoms. The minimum Gasteiger partial charge on any atom is -0.481 e. The summed E-state index contributed by atoms with van der Waals surface area (Å²) in [5, 5.41) is 10.4. The Labute approximate surface area is 163 Å². The summed E-state index contributed by atoms with van der Waals surface area (Å²) in [6, 6.07) is 21.5. The molecule has 1 aromatic heterocycles. The topological polar surface area (TPSA) is 62.3 Å². The van der Waals surface area contributed by atoms with Crippen molar-refractivity contribution in [2.75, 3.05) is 0 Å². The average molecular weight is 371 g/mol. The van der Waals surface area contributed by atoms with E-state index in [-0.39, 0.29) is 6.42 Å². The van der Waals surface area contributed by atoms with E-state index in [1.807, 2.05) is 74.5 Å². The third-order valence-electron chi connectivity index (χ3n) is 4.84. The Morgan fingerprint density at radius 1 is 0.964 bits per heavy atom. The first-order chi connectivity index (χ1) is 13.5. The molecular formula is C24H21NO3. The lowest BCUT2D eigenvalue weighted by atomic mass is 9.98. The Morgan fingerprint density at radius 2 is 1.75 bits per heavy atom. The molecule has 140 valence electrons. The van der Waals surface area contributed by atoms with Crippen LogP contribution in [-0.2, 0) is 11.2 Å². The molecule has 0 aliphatic rings. The van der Waals surface area contributed by atoms with Crippen LogP contribution >= 0.6 is 0 Å². The first kappa shape index (κ1) is 17.9. The number of aryl methyl sites for hydroxylation is 2. The second-order valence-electron chi connectivity index (χ2n) is 6.99. The van der Waals surface area contributed by atoms with E-state index >= 15 is 0 Å². The second kappa shape index (κ2) is 7.24. The summed E-state index contributed by atoms with van der Waals surface area (Å²) < 4.78 is 5.94. The van der Waals surface area contributed by atoms with Gasteiger partial charge < -0.3 is 14.8 Å². The number of ether oxygens (including phenoxy) is 1. The van der Waals surface area contributed by atoms with Crippen molar-refractivity contribution in [1.82, 2.24) is 4.98 Å². The summed E-state index contributed by atoms with van der Waals surface area (Å²) in [7, 11) is 0. The number of benzene rings is 3. The summed E-state index contributed by atoms with van der Waals surface area (Å²) in [6.45, 7) is 4.09. The lowest BCUT2D eigenvalue weighted by molar-refractivity contribution is -0.136. The summed E-state index contributed by atoms with van der Waals surface area (Å²) in [5.74, 6) is 0.560. The van der Waals surface area contributed by atoms with E-state index < -0.39 is 5.97 Å². The second-order valence-corrected chi connectivity index (χ2v) is 6.99. The fourth-order valence-corrected chi connectivity index (χ4v) is 3.57. The molecule has 0 radical (unpaired) electrons. The van der Waals surface area contributed by atoms with Crippen LogP contribution in [0.15, 0.2) is 66.7 Å². The summed E-state index contributed by atoms with van der Waals surface area (Å²) >= 11 is 0. The standard InChI is InChI=1S/C24H21NO3/c1-15-8-10-19(16(2)12-15)24-21(14-23(26)27)20-13-18(9-11-22(20)25-24)28-17-6-4-3-5-7-17/h3-13,25H,14H2,1-2H3,(H,26,27). The zero-order chi connectivity index (χ0) is 19.7. The highest BCUT2D eigenvalue weighted by Gasteiger charge is 2.18. The van der Waals surface area contributed by atoms with Gasteiger partial charge in [-0.3, -0.25) is 4.79 Å². The predicted octanol–water partition coefficient (Wildman–Crippen LogP) is 5.87. The minimum absolute atomic E-state index is 0.0581. The lowest BCUT2D eigenvalue weighted by Crippen LogP contribution is -2.01. The van der Waals surface area contributed by atoms with Crippen molar-refractivity contribution in [3.8, 4) is 22.8 Å². The molecular weight excluding hydrogens is 350 g/mol. The van der Waals surface area contributed by atoms with Crippen LogP contribution in [-0.4, -0.2) is 16.1 Å². The number of nitrogens with one attached hydrogen (secondary N) is 1. The smallest absolute Gasteiger partial charge is 0.307 e. The van der Waals surface area contributed by atoms with Crippen molar-refractivity contribution in [3.05, 3.63) is 83.4 Å². The monoisotopic (exact) mass is 371 g/mol. The van der Waals surface area contributed by atoms with Gasteiger partial charge in [0.25, 0.3) is 0 Å². The van der Waals surface area contributed by atoms with Crippen LogP contribution in [0.2, 0.25) is 0 Å². The van der Waals surface area contributed by atoms with E-state index in [2.05, 4.69) is 11.1 Å². The number of aromatic nitrogens is 1. The Bertz CT molecular complexity index is 1160. The molecule has 0 saturated carbocycles. The van der Waals surface area contributed by atoms with E-state index in [1.165, 1.54) is 5.56 Å². The Hall–Kier alpha value is -3.53. The number of hydrogen-bond acceptors (Lipinski definition) is 2. The number of hydrogen-bond donors (Lipinski definition) is 2. The highest BCUT2D eigenvalue weighted by Crippen LogP contribution is 2.35. The van der Waals surface area contributed by atoms with E-state index in [1.54, 1.807) is 0 Å². The Kier molecular flexibility index (Phi) is 4.62. The third-order valence-corrected chi connectivity index (χ3v) is 4.84. The third kappa shape index (κ3) is 3.49. The normalized spacial score (nSPS) is 10.9.